The van der Waals surface area contributed by atoms with Gasteiger partial charge in [0.2, 0.25) is 5.82 Å². The van der Waals surface area contributed by atoms with E-state index in [4.69, 9.17) is 14.2 Å². The van der Waals surface area contributed by atoms with Crippen molar-refractivity contribution in [3.05, 3.63) is 72.1 Å². The average molecular weight is 473 g/mol. The van der Waals surface area contributed by atoms with Gasteiger partial charge in [0, 0.05) is 24.3 Å². The lowest BCUT2D eigenvalue weighted by Gasteiger charge is -2.52. The average Bonchev–Trinajstić information content (AvgIpc) is 3.38. The maximum absolute atomic E-state index is 13.8. The minimum atomic E-state index is -0.491. The third kappa shape index (κ3) is 4.29. The molecule has 1 aliphatic carbocycles. The normalized spacial score (nSPS) is 27.4. The minimum Gasteiger partial charge on any atom is -0.455 e. The molecule has 1 atom stereocenters. The van der Waals surface area contributed by atoms with E-state index in [1.165, 1.54) is 6.42 Å². The lowest BCUT2D eigenvalue weighted by Crippen LogP contribution is -2.64. The van der Waals surface area contributed by atoms with Crippen LogP contribution in [0.5, 0.6) is 0 Å². The van der Waals surface area contributed by atoms with Gasteiger partial charge >= 0.3 is 5.97 Å². The summed E-state index contributed by atoms with van der Waals surface area (Å²) in [5.74, 6) is 1.75. The number of carbonyl (C=O) groups is 1. The van der Waals surface area contributed by atoms with Crippen molar-refractivity contribution in [1.82, 2.24) is 10.1 Å². The highest BCUT2D eigenvalue weighted by Gasteiger charge is 2.51. The summed E-state index contributed by atoms with van der Waals surface area (Å²) in [5.41, 5.74) is 1.57. The molecule has 0 spiro atoms. The van der Waals surface area contributed by atoms with Gasteiger partial charge in [0.05, 0.1) is 18.5 Å². The van der Waals surface area contributed by atoms with Gasteiger partial charge in [-0.1, -0.05) is 73.0 Å². The van der Waals surface area contributed by atoms with Crippen LogP contribution in [0.15, 0.2) is 65.2 Å². The summed E-state index contributed by atoms with van der Waals surface area (Å²) >= 11 is 0. The van der Waals surface area contributed by atoms with Gasteiger partial charge in [-0.25, -0.2) is 0 Å². The molecular weight excluding hydrogens is 438 g/mol. The second-order valence-electron chi connectivity index (χ2n) is 10.8. The molecule has 2 aromatic carbocycles. The number of nitrogens with zero attached hydrogens (tertiary/aromatic N) is 3. The summed E-state index contributed by atoms with van der Waals surface area (Å²) in [6, 6.07) is 20.2. The maximum atomic E-state index is 13.8. The highest BCUT2D eigenvalue weighted by molar-refractivity contribution is 5.83. The van der Waals surface area contributed by atoms with Crippen molar-refractivity contribution in [3.8, 4) is 11.5 Å². The summed E-state index contributed by atoms with van der Waals surface area (Å²) in [6.45, 7) is 3.73. The van der Waals surface area contributed by atoms with Crippen LogP contribution in [0, 0.1) is 5.92 Å². The van der Waals surface area contributed by atoms with Crippen LogP contribution in [0.3, 0.4) is 0 Å². The second-order valence-corrected chi connectivity index (χ2v) is 10.8. The Morgan fingerprint density at radius 1 is 0.971 bits per heavy atom. The number of ether oxygens (including phenoxy) is 1. The topological polar surface area (TPSA) is 65.2 Å². The molecule has 4 aliphatic rings. The lowest BCUT2D eigenvalue weighted by atomic mass is 9.69. The Labute approximate surface area is 206 Å². The van der Waals surface area contributed by atoms with E-state index in [0.29, 0.717) is 11.8 Å². The van der Waals surface area contributed by atoms with E-state index in [-0.39, 0.29) is 12.1 Å². The first kappa shape index (κ1) is 22.5. The van der Waals surface area contributed by atoms with E-state index >= 15 is 0 Å². The largest absolute Gasteiger partial charge is 0.455 e. The molecule has 2 bridgehead atoms. The molecule has 35 heavy (non-hydrogen) atoms. The van der Waals surface area contributed by atoms with Gasteiger partial charge in [-0.2, -0.15) is 4.98 Å². The van der Waals surface area contributed by atoms with Crippen molar-refractivity contribution >= 4 is 5.97 Å². The molecule has 7 rings (SSSR count). The fraction of sp³-hybridized carbons (Fsp3) is 0.483. The standard InChI is InChI=1S/C29H34N3O3/c33-28(29(16-8-3-9-17-29)24-12-6-2-7-13-24)34-25-20-32(18-14-22(25)15-19-32)21-26-30-27(35-31-26)23-10-4-1-5-11-23/h1-2,4-7,10-13,22,25H,3,8-9,14-21H2/q+1/t22?,25-,32?/m0/s1. The molecular formula is C29H34N3O3+. The molecule has 3 saturated heterocycles. The van der Waals surface area contributed by atoms with Crippen LogP contribution < -0.4 is 0 Å². The Morgan fingerprint density at radius 2 is 1.66 bits per heavy atom. The summed E-state index contributed by atoms with van der Waals surface area (Å²) in [5, 5.41) is 4.30. The lowest BCUT2D eigenvalue weighted by molar-refractivity contribution is -0.958. The smallest absolute Gasteiger partial charge is 0.317 e. The first-order valence-corrected chi connectivity index (χ1v) is 13.2. The number of benzene rings is 2. The Morgan fingerprint density at radius 3 is 2.37 bits per heavy atom. The van der Waals surface area contributed by atoms with E-state index in [1.807, 2.05) is 48.5 Å². The van der Waals surface area contributed by atoms with Gasteiger partial charge in [0.25, 0.3) is 5.89 Å². The molecule has 0 unspecified atom stereocenters. The zero-order chi connectivity index (χ0) is 23.7. The number of fused-ring (bicyclic) bond motifs is 3. The van der Waals surface area contributed by atoms with Crippen LogP contribution in [0.1, 0.15) is 56.3 Å². The number of rotatable bonds is 6. The summed E-state index contributed by atoms with van der Waals surface area (Å²) in [4.78, 5) is 18.5. The number of quaternary nitrogens is 1. The Kier molecular flexibility index (Phi) is 5.93. The van der Waals surface area contributed by atoms with Crippen molar-refractivity contribution in [2.24, 2.45) is 5.92 Å². The molecule has 1 aromatic heterocycles. The van der Waals surface area contributed by atoms with E-state index in [1.54, 1.807) is 0 Å². The maximum Gasteiger partial charge on any atom is 0.317 e. The van der Waals surface area contributed by atoms with Gasteiger partial charge in [-0.05, 0) is 30.5 Å². The fourth-order valence-electron chi connectivity index (χ4n) is 6.67. The zero-order valence-electron chi connectivity index (χ0n) is 20.3. The third-order valence-electron chi connectivity index (χ3n) is 8.69. The monoisotopic (exact) mass is 472 g/mol. The first-order valence-electron chi connectivity index (χ1n) is 13.2. The highest BCUT2D eigenvalue weighted by atomic mass is 16.5. The number of hydrogen-bond donors (Lipinski definition) is 0. The van der Waals surface area contributed by atoms with Gasteiger partial charge in [0.1, 0.15) is 13.1 Å². The van der Waals surface area contributed by atoms with Gasteiger partial charge < -0.3 is 13.7 Å². The van der Waals surface area contributed by atoms with E-state index < -0.39 is 5.41 Å². The number of piperidine rings is 3. The summed E-state index contributed by atoms with van der Waals surface area (Å²) in [7, 11) is 0. The molecule has 6 heteroatoms. The molecule has 6 nitrogen and oxygen atoms in total. The van der Waals surface area contributed by atoms with Crippen LogP contribution in [-0.2, 0) is 21.5 Å². The Bertz CT molecular complexity index is 1150. The first-order chi connectivity index (χ1) is 17.2. The van der Waals surface area contributed by atoms with Crippen LogP contribution >= 0.6 is 0 Å². The quantitative estimate of drug-likeness (QED) is 0.360. The molecule has 4 heterocycles. The number of hydrogen-bond acceptors (Lipinski definition) is 5. The van der Waals surface area contributed by atoms with Gasteiger partial charge in [-0.3, -0.25) is 4.79 Å². The fourth-order valence-corrected chi connectivity index (χ4v) is 6.67. The van der Waals surface area contributed by atoms with E-state index in [0.717, 1.165) is 86.1 Å². The van der Waals surface area contributed by atoms with Gasteiger partial charge in [-0.15, -0.1) is 0 Å². The predicted molar refractivity (Wildman–Crippen MR) is 132 cm³/mol. The van der Waals surface area contributed by atoms with Crippen LogP contribution in [-0.4, -0.2) is 46.3 Å². The molecule has 4 fully saturated rings. The molecule has 3 aromatic rings. The SMILES string of the molecule is O=C(O[C@H]1C[N+]2(Cc3noc(-c4ccccc4)n3)CCC1CC2)C1(c2ccccc2)CCCCC1. The highest BCUT2D eigenvalue weighted by Crippen LogP contribution is 2.43. The number of carbonyl (C=O) groups excluding carboxylic acids is 1. The van der Waals surface area contributed by atoms with Crippen LogP contribution in [0.2, 0.25) is 0 Å². The minimum absolute atomic E-state index is 0.00813. The molecule has 0 amide bonds. The van der Waals surface area contributed by atoms with Crippen molar-refractivity contribution < 1.29 is 18.5 Å². The van der Waals surface area contributed by atoms with Crippen molar-refractivity contribution in [2.45, 2.75) is 63.0 Å². The molecule has 1 saturated carbocycles. The summed E-state index contributed by atoms with van der Waals surface area (Å²) in [6.07, 6.45) is 7.27. The van der Waals surface area contributed by atoms with Crippen LogP contribution in [0.4, 0.5) is 0 Å². The van der Waals surface area contributed by atoms with E-state index in [9.17, 15) is 4.79 Å². The Hall–Kier alpha value is -2.99. The van der Waals surface area contributed by atoms with Crippen molar-refractivity contribution in [1.29, 1.82) is 0 Å². The second kappa shape index (κ2) is 9.23. The van der Waals surface area contributed by atoms with Crippen LogP contribution in [0.25, 0.3) is 11.5 Å². The molecule has 182 valence electrons. The Balaban J connectivity index is 1.19. The number of aromatic nitrogens is 2. The van der Waals surface area contributed by atoms with Crippen molar-refractivity contribution in [3.63, 3.8) is 0 Å². The van der Waals surface area contributed by atoms with E-state index in [2.05, 4.69) is 17.3 Å². The molecule has 0 N–H and O–H groups in total. The predicted octanol–water partition coefficient (Wildman–Crippen LogP) is 5.29. The summed E-state index contributed by atoms with van der Waals surface area (Å²) < 4.78 is 12.9. The number of esters is 1. The van der Waals surface area contributed by atoms with Crippen molar-refractivity contribution in [2.75, 3.05) is 19.6 Å². The molecule has 0 radical (unpaired) electrons. The van der Waals surface area contributed by atoms with Gasteiger partial charge in [0.15, 0.2) is 6.10 Å². The third-order valence-corrected chi connectivity index (χ3v) is 8.69. The zero-order valence-corrected chi connectivity index (χ0v) is 20.3. The molecule has 3 aliphatic heterocycles.